The number of pyridine rings is 1. The van der Waals surface area contributed by atoms with Gasteiger partial charge in [0.15, 0.2) is 0 Å². The molecule has 11 nitrogen and oxygen atoms in total. The molecule has 4 aromatic rings. The molecule has 1 amide bonds. The van der Waals surface area contributed by atoms with Gasteiger partial charge < -0.3 is 21.1 Å². The second-order valence-electron chi connectivity index (χ2n) is 10.8. The summed E-state index contributed by atoms with van der Waals surface area (Å²) in [5.74, 6) is -1.30. The van der Waals surface area contributed by atoms with E-state index >= 15 is 0 Å². The van der Waals surface area contributed by atoms with E-state index < -0.39 is 48.5 Å². The number of allylic oxidation sites excluding steroid dienone is 1. The monoisotopic (exact) mass is 680 g/mol. The molecule has 3 aromatic heterocycles. The van der Waals surface area contributed by atoms with Gasteiger partial charge in [0.05, 0.1) is 41.3 Å². The minimum Gasteiger partial charge on any atom is -0.435 e. The molecular formula is C30H27F7N8O3. The molecule has 1 aromatic carbocycles. The van der Waals surface area contributed by atoms with Crippen LogP contribution in [-0.2, 0) is 4.79 Å². The number of anilines is 2. The van der Waals surface area contributed by atoms with Gasteiger partial charge in [-0.3, -0.25) is 19.1 Å². The van der Waals surface area contributed by atoms with Crippen LogP contribution in [0.5, 0.6) is 5.75 Å². The maximum atomic E-state index is 13.9. The number of carbonyl (C=O) groups is 1. The van der Waals surface area contributed by atoms with E-state index in [4.69, 9.17) is 5.73 Å². The van der Waals surface area contributed by atoms with Crippen LogP contribution in [0.2, 0.25) is 0 Å². The Balaban J connectivity index is 1.59. The highest BCUT2D eigenvalue weighted by atomic mass is 19.4. The lowest BCUT2D eigenvalue weighted by atomic mass is 9.97. The zero-order chi connectivity index (χ0) is 34.7. The Labute approximate surface area is 267 Å². The molecule has 4 N–H and O–H groups in total. The molecule has 2 bridgehead atoms. The Hall–Kier alpha value is -5.42. The van der Waals surface area contributed by atoms with Crippen molar-refractivity contribution in [3.63, 3.8) is 0 Å². The van der Waals surface area contributed by atoms with Crippen LogP contribution in [0, 0.1) is 5.92 Å². The smallest absolute Gasteiger partial charge is 0.432 e. The predicted molar refractivity (Wildman–Crippen MR) is 159 cm³/mol. The minimum atomic E-state index is -4.86. The first-order valence-electron chi connectivity index (χ1n) is 14.3. The molecule has 254 valence electrons. The number of aromatic nitrogens is 5. The first kappa shape index (κ1) is 33.9. The lowest BCUT2D eigenvalue weighted by Gasteiger charge is -2.22. The minimum absolute atomic E-state index is 0.0601. The first-order valence-corrected chi connectivity index (χ1v) is 14.3. The number of hydrogen-bond acceptors (Lipinski definition) is 8. The highest BCUT2D eigenvalue weighted by Crippen LogP contribution is 2.36. The van der Waals surface area contributed by atoms with Gasteiger partial charge in [-0.15, -0.1) is 0 Å². The molecule has 0 saturated heterocycles. The third-order valence-electron chi connectivity index (χ3n) is 7.57. The number of alkyl halides is 7. The van der Waals surface area contributed by atoms with Crippen LogP contribution in [-0.4, -0.2) is 43.0 Å². The fourth-order valence-corrected chi connectivity index (χ4v) is 5.17. The Morgan fingerprint density at radius 2 is 1.88 bits per heavy atom. The molecule has 2 atom stereocenters. The Kier molecular flexibility index (Phi) is 9.72. The number of nitrogens with one attached hydrogen (secondary N) is 2. The van der Waals surface area contributed by atoms with Gasteiger partial charge in [0.25, 0.3) is 5.56 Å². The van der Waals surface area contributed by atoms with Gasteiger partial charge in [0.2, 0.25) is 5.91 Å². The summed E-state index contributed by atoms with van der Waals surface area (Å²) in [7, 11) is 0. The largest absolute Gasteiger partial charge is 0.435 e. The number of nitrogens with two attached hydrogens (primary N) is 1. The van der Waals surface area contributed by atoms with Crippen molar-refractivity contribution in [2.24, 2.45) is 11.7 Å². The topological polar surface area (TPSA) is 142 Å². The van der Waals surface area contributed by atoms with Crippen molar-refractivity contribution in [2.45, 2.75) is 51.6 Å². The number of fused-ring (bicyclic) bond motifs is 4. The fourth-order valence-electron chi connectivity index (χ4n) is 5.17. The maximum Gasteiger partial charge on any atom is 0.432 e. The lowest BCUT2D eigenvalue weighted by Crippen LogP contribution is -2.27. The van der Waals surface area contributed by atoms with Crippen LogP contribution in [0.4, 0.5) is 42.1 Å². The second kappa shape index (κ2) is 13.7. The molecule has 0 radical (unpaired) electrons. The van der Waals surface area contributed by atoms with Gasteiger partial charge in [0, 0.05) is 41.2 Å². The Morgan fingerprint density at radius 1 is 1.10 bits per heavy atom. The quantitative estimate of drug-likeness (QED) is 0.194. The lowest BCUT2D eigenvalue weighted by molar-refractivity contribution is -0.119. The molecule has 4 heterocycles. The van der Waals surface area contributed by atoms with Crippen molar-refractivity contribution < 1.29 is 40.3 Å². The average Bonchev–Trinajstić information content (AvgIpc) is 3.45. The van der Waals surface area contributed by atoms with Crippen molar-refractivity contribution in [3.05, 3.63) is 83.1 Å². The molecule has 48 heavy (non-hydrogen) atoms. The Bertz CT molecular complexity index is 1890. The number of ether oxygens (including phenoxy) is 1. The number of benzene rings is 1. The van der Waals surface area contributed by atoms with E-state index in [2.05, 4.69) is 30.4 Å². The highest BCUT2D eigenvalue weighted by Gasteiger charge is 2.31. The van der Waals surface area contributed by atoms with Crippen molar-refractivity contribution in [1.82, 2.24) is 24.3 Å². The molecule has 18 heteroatoms. The van der Waals surface area contributed by atoms with Gasteiger partial charge in [0.1, 0.15) is 11.4 Å². The fraction of sp³-hybridized carbons (Fsp3) is 0.300. The van der Waals surface area contributed by atoms with Gasteiger partial charge in [-0.05, 0) is 43.2 Å². The summed E-state index contributed by atoms with van der Waals surface area (Å²) < 4.78 is 98.8. The van der Waals surface area contributed by atoms with Gasteiger partial charge >= 0.3 is 19.3 Å². The summed E-state index contributed by atoms with van der Waals surface area (Å²) >= 11 is 0. The SMILES string of the molecule is CC1CCCC(n2cnc(-c3cc(OC(F)F)ccc3N/C=C(\N)C(F)(F)F)cc2=O)c2cc(ccn2)-c2c(cnn2C(F)F)NC1=O. The van der Waals surface area contributed by atoms with Crippen LogP contribution in [0.25, 0.3) is 22.5 Å². The molecule has 1 aliphatic heterocycles. The van der Waals surface area contributed by atoms with Crippen LogP contribution in [0.1, 0.15) is 44.5 Å². The number of rotatable bonds is 7. The van der Waals surface area contributed by atoms with Crippen LogP contribution in [0.3, 0.4) is 0 Å². The zero-order valence-electron chi connectivity index (χ0n) is 24.9. The van der Waals surface area contributed by atoms with Crippen LogP contribution < -0.4 is 26.7 Å². The molecular weight excluding hydrogens is 653 g/mol. The summed E-state index contributed by atoms with van der Waals surface area (Å²) in [5.41, 5.74) is 3.24. The van der Waals surface area contributed by atoms with E-state index in [1.165, 1.54) is 22.9 Å². The Morgan fingerprint density at radius 3 is 2.56 bits per heavy atom. The summed E-state index contributed by atoms with van der Waals surface area (Å²) in [6.07, 6.45) is 0.299. The molecule has 0 spiro atoms. The summed E-state index contributed by atoms with van der Waals surface area (Å²) in [4.78, 5) is 35.2. The van der Waals surface area contributed by atoms with E-state index in [0.717, 1.165) is 36.8 Å². The van der Waals surface area contributed by atoms with E-state index in [-0.39, 0.29) is 46.1 Å². The van der Waals surface area contributed by atoms with Crippen molar-refractivity contribution >= 4 is 17.3 Å². The third-order valence-corrected chi connectivity index (χ3v) is 7.57. The number of amides is 1. The highest BCUT2D eigenvalue weighted by molar-refractivity contribution is 5.95. The van der Waals surface area contributed by atoms with Crippen molar-refractivity contribution in [2.75, 3.05) is 10.6 Å². The van der Waals surface area contributed by atoms with E-state index in [0.29, 0.717) is 29.4 Å². The number of nitrogens with zero attached hydrogens (tertiary/aromatic N) is 5. The van der Waals surface area contributed by atoms with E-state index in [9.17, 15) is 40.3 Å². The number of hydrogen-bond donors (Lipinski definition) is 3. The maximum absolute atomic E-state index is 13.9. The van der Waals surface area contributed by atoms with Gasteiger partial charge in [-0.1, -0.05) is 13.3 Å². The second-order valence-corrected chi connectivity index (χ2v) is 10.8. The van der Waals surface area contributed by atoms with Gasteiger partial charge in [-0.25, -0.2) is 9.67 Å². The van der Waals surface area contributed by atoms with E-state index in [1.54, 1.807) is 6.92 Å². The predicted octanol–water partition coefficient (Wildman–Crippen LogP) is 6.29. The third kappa shape index (κ3) is 7.42. The zero-order valence-corrected chi connectivity index (χ0v) is 24.9. The summed E-state index contributed by atoms with van der Waals surface area (Å²) in [6.45, 7) is -4.58. The molecule has 5 rings (SSSR count). The van der Waals surface area contributed by atoms with Crippen molar-refractivity contribution in [1.29, 1.82) is 0 Å². The van der Waals surface area contributed by atoms with Crippen LogP contribution in [0.15, 0.2) is 71.8 Å². The summed E-state index contributed by atoms with van der Waals surface area (Å²) in [5, 5.41) is 8.77. The number of halogens is 7. The average molecular weight is 681 g/mol. The van der Waals surface area contributed by atoms with Gasteiger partial charge in [-0.2, -0.15) is 35.8 Å². The molecule has 1 aliphatic rings. The molecule has 0 saturated carbocycles. The normalized spacial score (nSPS) is 17.4. The molecule has 2 unspecified atom stereocenters. The van der Waals surface area contributed by atoms with Crippen molar-refractivity contribution in [3.8, 4) is 28.3 Å². The standard InChI is InChI=1S/C30H27F7N8O3/c1-15-3-2-4-23(21-9-16(7-8-39-21)26-22(43-27(15)47)12-42-45(26)28(31)32)44-14-41-20(11-25(44)46)18-10-17(48-29(33)34)5-6-19(18)40-13-24(38)30(35,36)37/h5-15,23,28-29,40H,2-4,38H2,1H3,(H,43,47)/b24-13-. The molecule has 0 aliphatic carbocycles. The summed E-state index contributed by atoms with van der Waals surface area (Å²) in [6, 6.07) is 6.48. The molecule has 0 fully saturated rings. The first-order chi connectivity index (χ1) is 22.7. The number of carbonyl (C=O) groups excluding carboxylic acids is 1. The van der Waals surface area contributed by atoms with Crippen LogP contribution >= 0.6 is 0 Å². The van der Waals surface area contributed by atoms with E-state index in [1.807, 2.05) is 0 Å².